The predicted molar refractivity (Wildman–Crippen MR) is 59.8 cm³/mol. The molecule has 1 rings (SSSR count). The van der Waals surface area contributed by atoms with Crippen molar-refractivity contribution in [3.8, 4) is 12.3 Å². The van der Waals surface area contributed by atoms with Crippen LogP contribution < -0.4 is 0 Å². The lowest BCUT2D eigenvalue weighted by atomic mass is 10.4. The van der Waals surface area contributed by atoms with E-state index in [1.165, 1.54) is 11.3 Å². The molecule has 0 aliphatic heterocycles. The molecule has 1 heterocycles. The van der Waals surface area contributed by atoms with Gasteiger partial charge >= 0.3 is 5.97 Å². The average molecular weight is 223 g/mol. The number of carbonyl (C=O) groups is 1. The molecule has 0 bridgehead atoms. The van der Waals surface area contributed by atoms with Crippen LogP contribution >= 0.6 is 11.3 Å². The zero-order valence-corrected chi connectivity index (χ0v) is 9.47. The molecule has 0 spiro atoms. The Kier molecular flexibility index (Phi) is 4.85. The number of aryl methyl sites for hydroxylation is 1. The summed E-state index contributed by atoms with van der Waals surface area (Å²) in [6.45, 7) is 2.35. The van der Waals surface area contributed by atoms with Crippen LogP contribution in [0.1, 0.15) is 34.4 Å². The highest BCUT2D eigenvalue weighted by molar-refractivity contribution is 7.13. The van der Waals surface area contributed by atoms with Gasteiger partial charge in [-0.1, -0.05) is 6.92 Å². The SMILES string of the molecule is C#CCCOC(=O)c1cnc(CCC)s1. The molecule has 0 saturated carbocycles. The highest BCUT2D eigenvalue weighted by Gasteiger charge is 2.10. The molecule has 0 saturated heterocycles. The van der Waals surface area contributed by atoms with E-state index in [-0.39, 0.29) is 12.6 Å². The first-order valence-electron chi connectivity index (χ1n) is 4.83. The monoisotopic (exact) mass is 223 g/mol. The minimum Gasteiger partial charge on any atom is -0.460 e. The molecular formula is C11H13NO2S. The van der Waals surface area contributed by atoms with Crippen molar-refractivity contribution in [2.45, 2.75) is 26.2 Å². The smallest absolute Gasteiger partial charge is 0.350 e. The first-order valence-corrected chi connectivity index (χ1v) is 5.65. The van der Waals surface area contributed by atoms with Crippen LogP contribution in [0, 0.1) is 12.3 Å². The van der Waals surface area contributed by atoms with Crippen LogP contribution in [-0.4, -0.2) is 17.6 Å². The van der Waals surface area contributed by atoms with Crippen molar-refractivity contribution < 1.29 is 9.53 Å². The second-order valence-corrected chi connectivity index (χ2v) is 4.07. The highest BCUT2D eigenvalue weighted by Crippen LogP contribution is 2.15. The van der Waals surface area contributed by atoms with E-state index in [1.54, 1.807) is 6.20 Å². The van der Waals surface area contributed by atoms with E-state index in [2.05, 4.69) is 17.8 Å². The third-order valence-electron chi connectivity index (χ3n) is 1.70. The Balaban J connectivity index is 2.47. The van der Waals surface area contributed by atoms with E-state index < -0.39 is 0 Å². The van der Waals surface area contributed by atoms with Crippen molar-refractivity contribution >= 4 is 17.3 Å². The third kappa shape index (κ3) is 3.72. The van der Waals surface area contributed by atoms with Crippen LogP contribution in [0.5, 0.6) is 0 Å². The van der Waals surface area contributed by atoms with E-state index in [0.717, 1.165) is 17.8 Å². The molecule has 1 aromatic heterocycles. The largest absolute Gasteiger partial charge is 0.460 e. The zero-order chi connectivity index (χ0) is 11.1. The van der Waals surface area contributed by atoms with E-state index >= 15 is 0 Å². The number of terminal acetylenes is 1. The van der Waals surface area contributed by atoms with E-state index in [9.17, 15) is 4.79 Å². The topological polar surface area (TPSA) is 39.2 Å². The molecule has 3 nitrogen and oxygen atoms in total. The highest BCUT2D eigenvalue weighted by atomic mass is 32.1. The molecule has 0 unspecified atom stereocenters. The van der Waals surface area contributed by atoms with E-state index in [1.807, 2.05) is 0 Å². The fourth-order valence-electron chi connectivity index (χ4n) is 1.01. The van der Waals surface area contributed by atoms with Gasteiger partial charge in [0, 0.05) is 6.42 Å². The van der Waals surface area contributed by atoms with Gasteiger partial charge in [0.1, 0.15) is 11.5 Å². The Labute approximate surface area is 93.5 Å². The van der Waals surface area contributed by atoms with Crippen molar-refractivity contribution in [3.05, 3.63) is 16.1 Å². The Bertz CT molecular complexity index is 365. The van der Waals surface area contributed by atoms with Gasteiger partial charge < -0.3 is 4.74 Å². The second-order valence-electron chi connectivity index (χ2n) is 2.96. The van der Waals surface area contributed by atoms with Crippen LogP contribution in [0.4, 0.5) is 0 Å². The molecule has 0 amide bonds. The summed E-state index contributed by atoms with van der Waals surface area (Å²) < 4.78 is 4.95. The van der Waals surface area contributed by atoms with Crippen molar-refractivity contribution in [2.75, 3.05) is 6.61 Å². The lowest BCUT2D eigenvalue weighted by molar-refractivity contribution is 0.0519. The number of thiazole rings is 1. The third-order valence-corrected chi connectivity index (χ3v) is 2.74. The molecular weight excluding hydrogens is 210 g/mol. The number of hydrogen-bond acceptors (Lipinski definition) is 4. The second kappa shape index (κ2) is 6.20. The summed E-state index contributed by atoms with van der Waals surface area (Å²) in [5.74, 6) is 2.08. The van der Waals surface area contributed by atoms with Crippen LogP contribution in [0.25, 0.3) is 0 Å². The maximum atomic E-state index is 11.4. The molecule has 0 aromatic carbocycles. The zero-order valence-electron chi connectivity index (χ0n) is 8.66. The Morgan fingerprint density at radius 2 is 2.53 bits per heavy atom. The molecule has 0 fully saturated rings. The molecule has 1 aromatic rings. The average Bonchev–Trinajstić information content (AvgIpc) is 2.67. The minimum atomic E-state index is -0.329. The summed E-state index contributed by atoms with van der Waals surface area (Å²) in [5, 5.41) is 0.974. The van der Waals surface area contributed by atoms with Crippen LogP contribution in [0.3, 0.4) is 0 Å². The molecule has 0 radical (unpaired) electrons. The van der Waals surface area contributed by atoms with Crippen LogP contribution in [0.2, 0.25) is 0 Å². The maximum Gasteiger partial charge on any atom is 0.350 e. The molecule has 15 heavy (non-hydrogen) atoms. The normalized spacial score (nSPS) is 9.60. The molecule has 0 aliphatic rings. The number of hydrogen-bond donors (Lipinski definition) is 0. The number of nitrogens with zero attached hydrogens (tertiary/aromatic N) is 1. The molecule has 0 atom stereocenters. The van der Waals surface area contributed by atoms with Crippen molar-refractivity contribution in [3.63, 3.8) is 0 Å². The van der Waals surface area contributed by atoms with Gasteiger partial charge in [0.05, 0.1) is 11.2 Å². The number of carbonyl (C=O) groups excluding carboxylic acids is 1. The van der Waals surface area contributed by atoms with Gasteiger partial charge in [-0.25, -0.2) is 9.78 Å². The maximum absolute atomic E-state index is 11.4. The molecule has 0 aliphatic carbocycles. The van der Waals surface area contributed by atoms with Crippen LogP contribution in [0.15, 0.2) is 6.20 Å². The van der Waals surface area contributed by atoms with Gasteiger partial charge in [-0.15, -0.1) is 23.7 Å². The summed E-state index contributed by atoms with van der Waals surface area (Å²) in [6.07, 6.45) is 8.99. The lowest BCUT2D eigenvalue weighted by Gasteiger charge is -1.98. The number of esters is 1. The standard InChI is InChI=1S/C11H13NO2S/c1-3-5-7-14-11(13)9-8-12-10(15-9)6-4-2/h1,8H,4-7H2,2H3. The summed E-state index contributed by atoms with van der Waals surface area (Å²) in [7, 11) is 0. The lowest BCUT2D eigenvalue weighted by Crippen LogP contribution is -2.03. The first kappa shape index (κ1) is 11.7. The molecule has 0 N–H and O–H groups in total. The fraction of sp³-hybridized carbons (Fsp3) is 0.455. The quantitative estimate of drug-likeness (QED) is 0.437. The van der Waals surface area contributed by atoms with Crippen LogP contribution in [-0.2, 0) is 11.2 Å². The van der Waals surface area contributed by atoms with Gasteiger partial charge in [-0.3, -0.25) is 0 Å². The van der Waals surface area contributed by atoms with Crippen molar-refractivity contribution in [1.29, 1.82) is 0 Å². The summed E-state index contributed by atoms with van der Waals surface area (Å²) in [4.78, 5) is 16.1. The number of aromatic nitrogens is 1. The van der Waals surface area contributed by atoms with Gasteiger partial charge in [0.25, 0.3) is 0 Å². The van der Waals surface area contributed by atoms with Crippen molar-refractivity contribution in [1.82, 2.24) is 4.98 Å². The molecule has 80 valence electrons. The summed E-state index contributed by atoms with van der Waals surface area (Å²) in [6, 6.07) is 0. The number of ether oxygens (including phenoxy) is 1. The van der Waals surface area contributed by atoms with Gasteiger partial charge in [-0.05, 0) is 12.8 Å². The summed E-state index contributed by atoms with van der Waals surface area (Å²) >= 11 is 1.39. The first-order chi connectivity index (χ1) is 7.27. The fourth-order valence-corrected chi connectivity index (χ4v) is 1.92. The Morgan fingerprint density at radius 3 is 3.20 bits per heavy atom. The Hall–Kier alpha value is -1.34. The van der Waals surface area contributed by atoms with E-state index in [0.29, 0.717) is 11.3 Å². The van der Waals surface area contributed by atoms with Gasteiger partial charge in [0.15, 0.2) is 0 Å². The van der Waals surface area contributed by atoms with Gasteiger partial charge in [-0.2, -0.15) is 0 Å². The minimum absolute atomic E-state index is 0.274. The predicted octanol–water partition coefficient (Wildman–Crippen LogP) is 2.28. The number of rotatable bonds is 5. The summed E-state index contributed by atoms with van der Waals surface area (Å²) in [5.41, 5.74) is 0. The van der Waals surface area contributed by atoms with Gasteiger partial charge in [0.2, 0.25) is 0 Å². The molecule has 4 heteroatoms. The van der Waals surface area contributed by atoms with Crippen molar-refractivity contribution in [2.24, 2.45) is 0 Å². The van der Waals surface area contributed by atoms with E-state index in [4.69, 9.17) is 11.2 Å². The Morgan fingerprint density at radius 1 is 1.73 bits per heavy atom.